The fraction of sp³-hybridized carbons (Fsp3) is 0.278. The van der Waals surface area contributed by atoms with Crippen molar-refractivity contribution >= 4 is 5.97 Å². The van der Waals surface area contributed by atoms with Gasteiger partial charge in [0.15, 0.2) is 0 Å². The molecule has 2 aromatic rings. The van der Waals surface area contributed by atoms with Crippen molar-refractivity contribution in [3.05, 3.63) is 58.7 Å². The maximum absolute atomic E-state index is 12.2. The number of benzene rings is 2. The topological polar surface area (TPSA) is 35.5 Å². The lowest BCUT2D eigenvalue weighted by Gasteiger charge is -2.13. The van der Waals surface area contributed by atoms with Gasteiger partial charge in [-0.25, -0.2) is 0 Å². The molecule has 0 saturated carbocycles. The Labute approximate surface area is 125 Å². The zero-order valence-electron chi connectivity index (χ0n) is 12.9. The third kappa shape index (κ3) is 3.43. The van der Waals surface area contributed by atoms with Crippen molar-refractivity contribution in [3.8, 4) is 11.5 Å². The fourth-order valence-electron chi connectivity index (χ4n) is 2.24. The third-order valence-corrected chi connectivity index (χ3v) is 3.62. The summed E-state index contributed by atoms with van der Waals surface area (Å²) in [6, 6.07) is 11.5. The first kappa shape index (κ1) is 15.1. The molecule has 110 valence electrons. The van der Waals surface area contributed by atoms with Gasteiger partial charge in [-0.1, -0.05) is 30.3 Å². The summed E-state index contributed by atoms with van der Waals surface area (Å²) in [7, 11) is 1.60. The molecule has 2 rings (SSSR count). The zero-order valence-corrected chi connectivity index (χ0v) is 12.9. The van der Waals surface area contributed by atoms with Crippen LogP contribution in [0.25, 0.3) is 0 Å². The molecule has 0 aliphatic rings. The minimum atomic E-state index is -0.281. The third-order valence-electron chi connectivity index (χ3n) is 3.62. The van der Waals surface area contributed by atoms with Crippen LogP contribution in [0.15, 0.2) is 36.4 Å². The molecule has 0 aromatic heterocycles. The molecular weight excluding hydrogens is 264 g/mol. The van der Waals surface area contributed by atoms with E-state index >= 15 is 0 Å². The number of carbonyl (C=O) groups excluding carboxylic acids is 1. The highest BCUT2D eigenvalue weighted by Crippen LogP contribution is 2.26. The van der Waals surface area contributed by atoms with Crippen LogP contribution < -0.4 is 9.47 Å². The molecule has 2 aromatic carbocycles. The summed E-state index contributed by atoms with van der Waals surface area (Å²) >= 11 is 0. The fourth-order valence-corrected chi connectivity index (χ4v) is 2.24. The molecule has 0 amide bonds. The number of hydrogen-bond donors (Lipinski definition) is 0. The van der Waals surface area contributed by atoms with E-state index in [-0.39, 0.29) is 12.4 Å². The van der Waals surface area contributed by atoms with E-state index in [1.54, 1.807) is 7.11 Å². The second-order valence-electron chi connectivity index (χ2n) is 5.12. The predicted octanol–water partition coefficient (Wildman–Crippen LogP) is 3.77. The van der Waals surface area contributed by atoms with Crippen molar-refractivity contribution < 1.29 is 14.3 Å². The SMILES string of the molecule is COc1ccccc1CC(=O)Oc1c(C)ccc(C)c1C. The molecule has 0 aliphatic heterocycles. The van der Waals surface area contributed by atoms with Gasteiger partial charge in [-0.3, -0.25) is 4.79 Å². The van der Waals surface area contributed by atoms with Gasteiger partial charge in [0.25, 0.3) is 0 Å². The van der Waals surface area contributed by atoms with Crippen molar-refractivity contribution in [1.29, 1.82) is 0 Å². The van der Waals surface area contributed by atoms with E-state index in [9.17, 15) is 4.79 Å². The van der Waals surface area contributed by atoms with Crippen LogP contribution >= 0.6 is 0 Å². The molecule has 0 bridgehead atoms. The van der Waals surface area contributed by atoms with E-state index in [2.05, 4.69) is 0 Å². The minimum absolute atomic E-state index is 0.191. The second kappa shape index (κ2) is 6.44. The first-order chi connectivity index (χ1) is 10.0. The summed E-state index contributed by atoms with van der Waals surface area (Å²) < 4.78 is 10.8. The smallest absolute Gasteiger partial charge is 0.315 e. The van der Waals surface area contributed by atoms with Crippen LogP contribution in [-0.2, 0) is 11.2 Å². The van der Waals surface area contributed by atoms with E-state index in [1.807, 2.05) is 57.2 Å². The highest BCUT2D eigenvalue weighted by molar-refractivity contribution is 5.77. The number of hydrogen-bond acceptors (Lipinski definition) is 3. The average Bonchev–Trinajstić information content (AvgIpc) is 2.48. The van der Waals surface area contributed by atoms with E-state index < -0.39 is 0 Å². The Morgan fingerprint density at radius 2 is 1.67 bits per heavy atom. The van der Waals surface area contributed by atoms with Gasteiger partial charge in [-0.15, -0.1) is 0 Å². The molecular formula is C18H20O3. The molecule has 3 nitrogen and oxygen atoms in total. The van der Waals surface area contributed by atoms with Crippen molar-refractivity contribution in [2.24, 2.45) is 0 Å². The van der Waals surface area contributed by atoms with Crippen molar-refractivity contribution in [3.63, 3.8) is 0 Å². The molecule has 0 spiro atoms. The number of carbonyl (C=O) groups is 1. The van der Waals surface area contributed by atoms with E-state index in [0.29, 0.717) is 11.5 Å². The van der Waals surface area contributed by atoms with Crippen LogP contribution in [0.4, 0.5) is 0 Å². The maximum Gasteiger partial charge on any atom is 0.315 e. The molecule has 0 N–H and O–H groups in total. The number of ether oxygens (including phenoxy) is 2. The van der Waals surface area contributed by atoms with Gasteiger partial charge >= 0.3 is 5.97 Å². The van der Waals surface area contributed by atoms with Crippen LogP contribution in [-0.4, -0.2) is 13.1 Å². The summed E-state index contributed by atoms with van der Waals surface area (Å²) in [6.07, 6.45) is 0.191. The summed E-state index contributed by atoms with van der Waals surface area (Å²) in [6.45, 7) is 5.92. The highest BCUT2D eigenvalue weighted by atomic mass is 16.5. The number of aryl methyl sites for hydroxylation is 2. The van der Waals surface area contributed by atoms with Crippen LogP contribution in [0.2, 0.25) is 0 Å². The Morgan fingerprint density at radius 3 is 2.38 bits per heavy atom. The van der Waals surface area contributed by atoms with Gasteiger partial charge in [0.05, 0.1) is 13.5 Å². The Hall–Kier alpha value is -2.29. The lowest BCUT2D eigenvalue weighted by Crippen LogP contribution is -2.13. The lowest BCUT2D eigenvalue weighted by molar-refractivity contribution is -0.133. The molecule has 0 fully saturated rings. The van der Waals surface area contributed by atoms with Gasteiger partial charge in [0, 0.05) is 5.56 Å². The van der Waals surface area contributed by atoms with Crippen LogP contribution in [0.1, 0.15) is 22.3 Å². The predicted molar refractivity (Wildman–Crippen MR) is 83.0 cm³/mol. The molecule has 3 heteroatoms. The Morgan fingerprint density at radius 1 is 1.00 bits per heavy atom. The van der Waals surface area contributed by atoms with Crippen molar-refractivity contribution in [2.75, 3.05) is 7.11 Å². The molecule has 0 radical (unpaired) electrons. The van der Waals surface area contributed by atoms with Crippen LogP contribution in [0.3, 0.4) is 0 Å². The average molecular weight is 284 g/mol. The van der Waals surface area contributed by atoms with Gasteiger partial charge < -0.3 is 9.47 Å². The molecule has 0 saturated heterocycles. The minimum Gasteiger partial charge on any atom is -0.496 e. The first-order valence-electron chi connectivity index (χ1n) is 6.92. The van der Waals surface area contributed by atoms with Crippen LogP contribution in [0.5, 0.6) is 11.5 Å². The largest absolute Gasteiger partial charge is 0.496 e. The summed E-state index contributed by atoms with van der Waals surface area (Å²) in [5, 5.41) is 0. The first-order valence-corrected chi connectivity index (χ1v) is 6.92. The van der Waals surface area contributed by atoms with Crippen molar-refractivity contribution in [1.82, 2.24) is 0 Å². The van der Waals surface area contributed by atoms with Crippen molar-refractivity contribution in [2.45, 2.75) is 27.2 Å². The van der Waals surface area contributed by atoms with Gasteiger partial charge in [-0.2, -0.15) is 0 Å². The Bertz CT molecular complexity index is 660. The Kier molecular flexibility index (Phi) is 4.63. The summed E-state index contributed by atoms with van der Waals surface area (Å²) in [4.78, 5) is 12.2. The van der Waals surface area contributed by atoms with Gasteiger partial charge in [-0.05, 0) is 43.5 Å². The van der Waals surface area contributed by atoms with E-state index in [1.165, 1.54) is 0 Å². The number of esters is 1. The van der Waals surface area contributed by atoms with Gasteiger partial charge in [0.2, 0.25) is 0 Å². The molecule has 21 heavy (non-hydrogen) atoms. The number of methoxy groups -OCH3 is 1. The zero-order chi connectivity index (χ0) is 15.4. The van der Waals surface area contributed by atoms with Crippen LogP contribution in [0, 0.1) is 20.8 Å². The van der Waals surface area contributed by atoms with E-state index in [0.717, 1.165) is 22.3 Å². The monoisotopic (exact) mass is 284 g/mol. The number of rotatable bonds is 4. The molecule has 0 heterocycles. The summed E-state index contributed by atoms with van der Waals surface area (Å²) in [5.74, 6) is 1.08. The standard InChI is InChI=1S/C18H20O3/c1-12-9-10-13(2)18(14(12)3)21-17(19)11-15-7-5-6-8-16(15)20-4/h5-10H,11H2,1-4H3. The quantitative estimate of drug-likeness (QED) is 0.633. The van der Waals surface area contributed by atoms with Gasteiger partial charge in [0.1, 0.15) is 11.5 Å². The molecule has 0 aliphatic carbocycles. The normalized spacial score (nSPS) is 10.3. The summed E-state index contributed by atoms with van der Waals surface area (Å²) in [5.41, 5.74) is 3.91. The second-order valence-corrected chi connectivity index (χ2v) is 5.12. The lowest BCUT2D eigenvalue weighted by atomic mass is 10.1. The molecule has 0 unspecified atom stereocenters. The Balaban J connectivity index is 2.18. The van der Waals surface area contributed by atoms with E-state index in [4.69, 9.17) is 9.47 Å². The molecule has 0 atom stereocenters. The number of para-hydroxylation sites is 1. The highest BCUT2D eigenvalue weighted by Gasteiger charge is 2.14. The maximum atomic E-state index is 12.2.